The molecule has 1 aromatic heterocycles. The number of aromatic nitrogens is 2. The number of carbonyl (C=O) groups is 2. The quantitative estimate of drug-likeness (QED) is 0.530. The maximum absolute atomic E-state index is 12.9. The SMILES string of the molecule is COc1cc2c(cc1OC)CC(=O)N(CCC(=O)NC(c1nc3ccccc3[nH]1)C(C)C)C=C2. The molecule has 0 saturated carbocycles. The van der Waals surface area contributed by atoms with Gasteiger partial charge in [-0.05, 0) is 47.4 Å². The maximum atomic E-state index is 12.9. The molecule has 1 atom stereocenters. The molecule has 0 fully saturated rings. The van der Waals surface area contributed by atoms with Gasteiger partial charge in [0.25, 0.3) is 0 Å². The molecule has 2 N–H and O–H groups in total. The molecule has 34 heavy (non-hydrogen) atoms. The summed E-state index contributed by atoms with van der Waals surface area (Å²) in [5.41, 5.74) is 3.55. The number of nitrogens with one attached hydrogen (secondary N) is 2. The number of aromatic amines is 1. The molecule has 178 valence electrons. The Morgan fingerprint density at radius 1 is 1.18 bits per heavy atom. The lowest BCUT2D eigenvalue weighted by molar-refractivity contribution is -0.128. The van der Waals surface area contributed by atoms with E-state index in [-0.39, 0.29) is 43.2 Å². The summed E-state index contributed by atoms with van der Waals surface area (Å²) in [4.78, 5) is 35.2. The van der Waals surface area contributed by atoms with E-state index in [9.17, 15) is 9.59 Å². The number of benzene rings is 2. The summed E-state index contributed by atoms with van der Waals surface area (Å²) < 4.78 is 10.7. The Bertz CT molecular complexity index is 1200. The van der Waals surface area contributed by atoms with Crippen LogP contribution in [0.15, 0.2) is 42.6 Å². The predicted molar refractivity (Wildman–Crippen MR) is 130 cm³/mol. The van der Waals surface area contributed by atoms with Crippen molar-refractivity contribution < 1.29 is 19.1 Å². The number of hydrogen-bond donors (Lipinski definition) is 2. The van der Waals surface area contributed by atoms with Crippen LogP contribution in [0.4, 0.5) is 0 Å². The van der Waals surface area contributed by atoms with Gasteiger partial charge in [0, 0.05) is 19.2 Å². The lowest BCUT2D eigenvalue weighted by atomic mass is 10.0. The van der Waals surface area contributed by atoms with Crippen molar-refractivity contribution in [2.45, 2.75) is 32.7 Å². The van der Waals surface area contributed by atoms with Crippen molar-refractivity contribution >= 4 is 28.9 Å². The number of fused-ring (bicyclic) bond motifs is 2. The highest BCUT2D eigenvalue weighted by Gasteiger charge is 2.24. The summed E-state index contributed by atoms with van der Waals surface area (Å²) in [5.74, 6) is 1.85. The first kappa shape index (κ1) is 23.4. The molecule has 8 nitrogen and oxygen atoms in total. The van der Waals surface area contributed by atoms with Crippen LogP contribution in [0.1, 0.15) is 43.3 Å². The van der Waals surface area contributed by atoms with Crippen LogP contribution in [-0.2, 0) is 16.0 Å². The molecule has 0 saturated heterocycles. The highest BCUT2D eigenvalue weighted by atomic mass is 16.5. The number of H-pyrrole nitrogens is 1. The molecule has 1 aliphatic rings. The van der Waals surface area contributed by atoms with Crippen molar-refractivity contribution in [2.75, 3.05) is 20.8 Å². The van der Waals surface area contributed by atoms with Crippen LogP contribution in [0.3, 0.4) is 0 Å². The second kappa shape index (κ2) is 9.99. The van der Waals surface area contributed by atoms with E-state index in [2.05, 4.69) is 15.3 Å². The highest BCUT2D eigenvalue weighted by Crippen LogP contribution is 2.32. The van der Waals surface area contributed by atoms with Gasteiger partial charge in [-0.2, -0.15) is 0 Å². The number of nitrogens with zero attached hydrogens (tertiary/aromatic N) is 2. The van der Waals surface area contributed by atoms with Gasteiger partial charge in [-0.25, -0.2) is 4.98 Å². The number of hydrogen-bond acceptors (Lipinski definition) is 5. The van der Waals surface area contributed by atoms with E-state index in [4.69, 9.17) is 9.47 Å². The molecule has 8 heteroatoms. The fourth-order valence-corrected chi connectivity index (χ4v) is 4.10. The Kier molecular flexibility index (Phi) is 6.86. The first-order chi connectivity index (χ1) is 16.4. The first-order valence-electron chi connectivity index (χ1n) is 11.4. The molecular weight excluding hydrogens is 432 g/mol. The second-order valence-corrected chi connectivity index (χ2v) is 8.66. The average Bonchev–Trinajstić information content (AvgIpc) is 3.19. The van der Waals surface area contributed by atoms with E-state index in [0.717, 1.165) is 28.0 Å². The zero-order chi connectivity index (χ0) is 24.2. The molecular formula is C26H30N4O4. The fourth-order valence-electron chi connectivity index (χ4n) is 4.10. The third kappa shape index (κ3) is 4.90. The number of methoxy groups -OCH3 is 2. The van der Waals surface area contributed by atoms with Crippen molar-refractivity contribution in [3.8, 4) is 11.5 Å². The Morgan fingerprint density at radius 2 is 1.91 bits per heavy atom. The third-order valence-corrected chi connectivity index (χ3v) is 6.01. The minimum Gasteiger partial charge on any atom is -0.493 e. The second-order valence-electron chi connectivity index (χ2n) is 8.66. The van der Waals surface area contributed by atoms with Crippen LogP contribution >= 0.6 is 0 Å². The molecule has 1 aliphatic heterocycles. The van der Waals surface area contributed by atoms with Crippen LogP contribution in [0.25, 0.3) is 17.1 Å². The summed E-state index contributed by atoms with van der Waals surface area (Å²) in [6.07, 6.45) is 4.00. The van der Waals surface area contributed by atoms with Crippen LogP contribution in [0, 0.1) is 5.92 Å². The number of carbonyl (C=O) groups excluding carboxylic acids is 2. The Balaban J connectivity index is 1.42. The van der Waals surface area contributed by atoms with E-state index in [1.807, 2.05) is 56.3 Å². The van der Waals surface area contributed by atoms with Gasteiger partial charge in [0.15, 0.2) is 11.5 Å². The minimum absolute atomic E-state index is 0.0762. The Hall–Kier alpha value is -3.81. The highest BCUT2D eigenvalue weighted by molar-refractivity contribution is 5.85. The normalized spacial score (nSPS) is 14.1. The zero-order valence-electron chi connectivity index (χ0n) is 19.9. The Labute approximate surface area is 199 Å². The Morgan fingerprint density at radius 3 is 2.62 bits per heavy atom. The van der Waals surface area contributed by atoms with Crippen molar-refractivity contribution in [1.29, 1.82) is 0 Å². The van der Waals surface area contributed by atoms with E-state index in [1.165, 1.54) is 0 Å². The van der Waals surface area contributed by atoms with E-state index in [1.54, 1.807) is 25.3 Å². The standard InChI is InChI=1S/C26H30N4O4/c1-16(2)25(26-27-19-7-5-6-8-20(19)28-26)29-23(31)10-12-30-11-9-17-13-21(33-3)22(34-4)14-18(17)15-24(30)32/h5-9,11,13-14,16,25H,10,12,15H2,1-4H3,(H,27,28)(H,29,31). The van der Waals surface area contributed by atoms with Gasteiger partial charge in [-0.3, -0.25) is 9.59 Å². The molecule has 0 bridgehead atoms. The third-order valence-electron chi connectivity index (χ3n) is 6.01. The molecule has 4 rings (SSSR count). The first-order valence-corrected chi connectivity index (χ1v) is 11.4. The average molecular weight is 463 g/mol. The molecule has 1 unspecified atom stereocenters. The number of rotatable bonds is 8. The van der Waals surface area contributed by atoms with E-state index in [0.29, 0.717) is 11.5 Å². The monoisotopic (exact) mass is 462 g/mol. The summed E-state index contributed by atoms with van der Waals surface area (Å²) in [6.45, 7) is 4.37. The van der Waals surface area contributed by atoms with Gasteiger partial charge < -0.3 is 24.7 Å². The molecule has 0 radical (unpaired) electrons. The van der Waals surface area contributed by atoms with Crippen LogP contribution in [0.5, 0.6) is 11.5 Å². The molecule has 3 aromatic rings. The zero-order valence-corrected chi connectivity index (χ0v) is 19.9. The minimum atomic E-state index is -0.250. The van der Waals surface area contributed by atoms with Crippen molar-refractivity contribution in [1.82, 2.24) is 20.2 Å². The van der Waals surface area contributed by atoms with Gasteiger partial charge >= 0.3 is 0 Å². The summed E-state index contributed by atoms with van der Waals surface area (Å²) in [6, 6.07) is 11.2. The molecule has 0 spiro atoms. The molecule has 2 amide bonds. The van der Waals surface area contributed by atoms with Gasteiger partial charge in [-0.15, -0.1) is 0 Å². The fraction of sp³-hybridized carbons (Fsp3) is 0.346. The van der Waals surface area contributed by atoms with Crippen molar-refractivity contribution in [3.63, 3.8) is 0 Å². The predicted octanol–water partition coefficient (Wildman–Crippen LogP) is 3.84. The summed E-state index contributed by atoms with van der Waals surface area (Å²) >= 11 is 0. The van der Waals surface area contributed by atoms with Gasteiger partial charge in [-0.1, -0.05) is 26.0 Å². The van der Waals surface area contributed by atoms with E-state index >= 15 is 0 Å². The van der Waals surface area contributed by atoms with Crippen LogP contribution < -0.4 is 14.8 Å². The van der Waals surface area contributed by atoms with Crippen molar-refractivity contribution in [3.05, 3.63) is 59.5 Å². The van der Waals surface area contributed by atoms with Gasteiger partial charge in [0.1, 0.15) is 5.82 Å². The van der Waals surface area contributed by atoms with Gasteiger partial charge in [0.05, 0.1) is 37.7 Å². The lowest BCUT2D eigenvalue weighted by Crippen LogP contribution is -2.36. The number of para-hydroxylation sites is 2. The largest absolute Gasteiger partial charge is 0.493 e. The van der Waals surface area contributed by atoms with Crippen LogP contribution in [-0.4, -0.2) is 47.4 Å². The van der Waals surface area contributed by atoms with E-state index < -0.39 is 0 Å². The number of imidazole rings is 1. The van der Waals surface area contributed by atoms with Crippen molar-refractivity contribution in [2.24, 2.45) is 5.92 Å². The summed E-state index contributed by atoms with van der Waals surface area (Å²) in [5, 5.41) is 3.08. The molecule has 2 heterocycles. The number of ether oxygens (including phenoxy) is 2. The lowest BCUT2D eigenvalue weighted by Gasteiger charge is -2.22. The molecule has 2 aromatic carbocycles. The van der Waals surface area contributed by atoms with Gasteiger partial charge in [0.2, 0.25) is 11.8 Å². The number of amides is 2. The smallest absolute Gasteiger partial charge is 0.230 e. The summed E-state index contributed by atoms with van der Waals surface area (Å²) in [7, 11) is 3.15. The topological polar surface area (TPSA) is 96.6 Å². The maximum Gasteiger partial charge on any atom is 0.230 e. The van der Waals surface area contributed by atoms with Crippen LogP contribution in [0.2, 0.25) is 0 Å². The molecule has 0 aliphatic carbocycles.